The third-order valence-corrected chi connectivity index (χ3v) is 4.00. The number of hydrogen-bond acceptors (Lipinski definition) is 2. The number of Topliss-reactive ketones (excluding diaryl/α,β-unsaturated/α-hetero) is 1. The topological polar surface area (TPSA) is 26.3 Å². The zero-order chi connectivity index (χ0) is 12.2. The van der Waals surface area contributed by atoms with E-state index < -0.39 is 0 Å². The molecule has 0 amide bonds. The summed E-state index contributed by atoms with van der Waals surface area (Å²) in [6, 6.07) is 0. The van der Waals surface area contributed by atoms with Gasteiger partial charge in [-0.15, -0.1) is 0 Å². The molecule has 0 aromatic rings. The van der Waals surface area contributed by atoms with Gasteiger partial charge in [-0.05, 0) is 32.6 Å². The Morgan fingerprint density at radius 1 is 1.31 bits per heavy atom. The van der Waals surface area contributed by atoms with Crippen molar-refractivity contribution in [3.63, 3.8) is 0 Å². The standard InChI is InChI=1S/C14H26O2/c1-5-11-8-6-7-9-12(11)13(15)10-14(2,3)16-4/h11-12H,5-10H2,1-4H3. The van der Waals surface area contributed by atoms with E-state index >= 15 is 0 Å². The molecule has 2 heteroatoms. The fourth-order valence-electron chi connectivity index (χ4n) is 2.74. The van der Waals surface area contributed by atoms with Gasteiger partial charge in [0.15, 0.2) is 0 Å². The molecule has 0 spiro atoms. The maximum Gasteiger partial charge on any atom is 0.139 e. The van der Waals surface area contributed by atoms with Crippen LogP contribution >= 0.6 is 0 Å². The van der Waals surface area contributed by atoms with Crippen molar-refractivity contribution < 1.29 is 9.53 Å². The van der Waals surface area contributed by atoms with E-state index in [-0.39, 0.29) is 5.60 Å². The van der Waals surface area contributed by atoms with E-state index in [9.17, 15) is 4.79 Å². The minimum absolute atomic E-state index is 0.299. The fraction of sp³-hybridized carbons (Fsp3) is 0.929. The third kappa shape index (κ3) is 3.58. The molecular formula is C14H26O2. The van der Waals surface area contributed by atoms with Gasteiger partial charge in [0.05, 0.1) is 5.60 Å². The summed E-state index contributed by atoms with van der Waals surface area (Å²) in [4.78, 5) is 12.3. The largest absolute Gasteiger partial charge is 0.378 e. The molecule has 94 valence electrons. The summed E-state index contributed by atoms with van der Waals surface area (Å²) >= 11 is 0. The smallest absolute Gasteiger partial charge is 0.139 e. The first-order chi connectivity index (χ1) is 7.50. The number of hydrogen-bond donors (Lipinski definition) is 0. The van der Waals surface area contributed by atoms with Gasteiger partial charge in [0, 0.05) is 19.4 Å². The third-order valence-electron chi connectivity index (χ3n) is 4.00. The Morgan fingerprint density at radius 3 is 2.50 bits per heavy atom. The van der Waals surface area contributed by atoms with Gasteiger partial charge in [-0.25, -0.2) is 0 Å². The van der Waals surface area contributed by atoms with Crippen molar-refractivity contribution in [2.45, 2.75) is 64.9 Å². The Labute approximate surface area is 99.8 Å². The molecule has 2 atom stereocenters. The number of carbonyl (C=O) groups is 1. The van der Waals surface area contributed by atoms with Crippen LogP contribution in [-0.2, 0) is 9.53 Å². The molecule has 1 saturated carbocycles. The Hall–Kier alpha value is -0.370. The van der Waals surface area contributed by atoms with E-state index in [4.69, 9.17) is 4.74 Å². The van der Waals surface area contributed by atoms with Crippen LogP contribution in [0.4, 0.5) is 0 Å². The van der Waals surface area contributed by atoms with E-state index in [1.165, 1.54) is 19.3 Å². The fourth-order valence-corrected chi connectivity index (χ4v) is 2.74. The predicted molar refractivity (Wildman–Crippen MR) is 66.5 cm³/mol. The first-order valence-electron chi connectivity index (χ1n) is 6.58. The van der Waals surface area contributed by atoms with Crippen LogP contribution in [-0.4, -0.2) is 18.5 Å². The molecule has 0 heterocycles. The van der Waals surface area contributed by atoms with Crippen LogP contribution in [0.15, 0.2) is 0 Å². The second-order valence-corrected chi connectivity index (χ2v) is 5.67. The summed E-state index contributed by atoms with van der Waals surface area (Å²) in [7, 11) is 1.69. The van der Waals surface area contributed by atoms with Crippen LogP contribution < -0.4 is 0 Å². The molecule has 2 nitrogen and oxygen atoms in total. The van der Waals surface area contributed by atoms with Gasteiger partial charge in [-0.3, -0.25) is 4.79 Å². The van der Waals surface area contributed by atoms with Crippen molar-refractivity contribution in [3.05, 3.63) is 0 Å². The molecule has 0 saturated heterocycles. The number of carbonyl (C=O) groups excluding carboxylic acids is 1. The zero-order valence-electron chi connectivity index (χ0n) is 11.2. The summed E-state index contributed by atoms with van der Waals surface area (Å²) < 4.78 is 5.35. The predicted octanol–water partition coefficient (Wildman–Crippen LogP) is 3.59. The van der Waals surface area contributed by atoms with Gasteiger partial charge in [0.2, 0.25) is 0 Å². The van der Waals surface area contributed by atoms with Crippen molar-refractivity contribution in [2.24, 2.45) is 11.8 Å². The lowest BCUT2D eigenvalue weighted by molar-refractivity contribution is -0.130. The molecular weight excluding hydrogens is 200 g/mol. The maximum atomic E-state index is 12.3. The minimum atomic E-state index is -0.299. The highest BCUT2D eigenvalue weighted by Crippen LogP contribution is 2.34. The lowest BCUT2D eigenvalue weighted by Gasteiger charge is -2.32. The molecule has 0 bridgehead atoms. The summed E-state index contributed by atoms with van der Waals surface area (Å²) in [6.07, 6.45) is 6.56. The highest BCUT2D eigenvalue weighted by atomic mass is 16.5. The summed E-state index contributed by atoms with van der Waals surface area (Å²) in [5.41, 5.74) is -0.299. The van der Waals surface area contributed by atoms with E-state index in [1.54, 1.807) is 7.11 Å². The first-order valence-corrected chi connectivity index (χ1v) is 6.58. The van der Waals surface area contributed by atoms with E-state index in [0.717, 1.165) is 12.8 Å². The molecule has 0 aromatic heterocycles. The van der Waals surface area contributed by atoms with Gasteiger partial charge in [0.25, 0.3) is 0 Å². The lowest BCUT2D eigenvalue weighted by atomic mass is 9.74. The van der Waals surface area contributed by atoms with Crippen LogP contribution in [0.1, 0.15) is 59.3 Å². The number of ketones is 1. The lowest BCUT2D eigenvalue weighted by Crippen LogP contribution is -2.34. The van der Waals surface area contributed by atoms with E-state index in [0.29, 0.717) is 24.0 Å². The molecule has 0 aliphatic heterocycles. The second kappa shape index (κ2) is 5.81. The molecule has 1 aliphatic rings. The average molecular weight is 226 g/mol. The van der Waals surface area contributed by atoms with Gasteiger partial charge in [0.1, 0.15) is 5.78 Å². The van der Waals surface area contributed by atoms with Crippen molar-refractivity contribution in [2.75, 3.05) is 7.11 Å². The molecule has 1 aliphatic carbocycles. The van der Waals surface area contributed by atoms with Crippen molar-refractivity contribution in [3.8, 4) is 0 Å². The summed E-state index contributed by atoms with van der Waals surface area (Å²) in [5.74, 6) is 1.33. The average Bonchev–Trinajstić information content (AvgIpc) is 2.28. The molecule has 16 heavy (non-hydrogen) atoms. The second-order valence-electron chi connectivity index (χ2n) is 5.67. The van der Waals surface area contributed by atoms with Crippen LogP contribution in [0.5, 0.6) is 0 Å². The van der Waals surface area contributed by atoms with Crippen LogP contribution in [0.25, 0.3) is 0 Å². The zero-order valence-corrected chi connectivity index (χ0v) is 11.2. The molecule has 0 aromatic carbocycles. The van der Waals surface area contributed by atoms with E-state index in [2.05, 4.69) is 6.92 Å². The highest BCUT2D eigenvalue weighted by molar-refractivity contribution is 5.82. The van der Waals surface area contributed by atoms with Gasteiger partial charge >= 0.3 is 0 Å². The highest BCUT2D eigenvalue weighted by Gasteiger charge is 2.32. The van der Waals surface area contributed by atoms with Crippen LogP contribution in [0, 0.1) is 11.8 Å². The van der Waals surface area contributed by atoms with Gasteiger partial charge in [-0.2, -0.15) is 0 Å². The summed E-state index contributed by atoms with van der Waals surface area (Å²) in [5, 5.41) is 0. The Balaban J connectivity index is 2.57. The van der Waals surface area contributed by atoms with Crippen LogP contribution in [0.3, 0.4) is 0 Å². The quantitative estimate of drug-likeness (QED) is 0.716. The van der Waals surface area contributed by atoms with Crippen LogP contribution in [0.2, 0.25) is 0 Å². The molecule has 0 N–H and O–H groups in total. The first kappa shape index (κ1) is 13.7. The van der Waals surface area contributed by atoms with Gasteiger partial charge < -0.3 is 4.74 Å². The molecule has 1 rings (SSSR count). The van der Waals surface area contributed by atoms with Crippen molar-refractivity contribution in [1.29, 1.82) is 0 Å². The van der Waals surface area contributed by atoms with Crippen molar-refractivity contribution in [1.82, 2.24) is 0 Å². The maximum absolute atomic E-state index is 12.3. The molecule has 2 unspecified atom stereocenters. The SMILES string of the molecule is CCC1CCCCC1C(=O)CC(C)(C)OC. The minimum Gasteiger partial charge on any atom is -0.378 e. The molecule has 0 radical (unpaired) electrons. The monoisotopic (exact) mass is 226 g/mol. The van der Waals surface area contributed by atoms with Gasteiger partial charge in [-0.1, -0.05) is 26.2 Å². The number of methoxy groups -OCH3 is 1. The number of rotatable bonds is 5. The van der Waals surface area contributed by atoms with E-state index in [1.807, 2.05) is 13.8 Å². The Bertz CT molecular complexity index is 233. The Kier molecular flexibility index (Phi) is 4.97. The summed E-state index contributed by atoms with van der Waals surface area (Å²) in [6.45, 7) is 6.20. The molecule has 1 fully saturated rings. The normalized spacial score (nSPS) is 26.8. The van der Waals surface area contributed by atoms with Crippen molar-refractivity contribution >= 4 is 5.78 Å². The Morgan fingerprint density at radius 2 is 1.94 bits per heavy atom. The number of ether oxygens (including phenoxy) is 1.